The first-order valence-corrected chi connectivity index (χ1v) is 8.13. The van der Waals surface area contributed by atoms with Gasteiger partial charge < -0.3 is 5.73 Å². The van der Waals surface area contributed by atoms with Crippen molar-refractivity contribution < 1.29 is 19.2 Å². The molecule has 2 fully saturated rings. The fourth-order valence-electron chi connectivity index (χ4n) is 3.47. The first-order chi connectivity index (χ1) is 12.6. The number of amides is 3. The Balaban J connectivity index is 1.73. The molecule has 3 heterocycles. The van der Waals surface area contributed by atoms with E-state index in [0.29, 0.717) is 11.4 Å². The molecule has 8 nitrogen and oxygen atoms in total. The SMILES string of the molecule is NC(=O)CN1OC2C(=O)N(c3ccccc3)C(=O)C2C1c1ccccn1. The van der Waals surface area contributed by atoms with E-state index in [1.807, 2.05) is 0 Å². The highest BCUT2D eigenvalue weighted by molar-refractivity contribution is 6.23. The smallest absolute Gasteiger partial charge is 0.265 e. The van der Waals surface area contributed by atoms with Crippen LogP contribution in [0.1, 0.15) is 11.7 Å². The highest BCUT2D eigenvalue weighted by Gasteiger charge is 2.60. The summed E-state index contributed by atoms with van der Waals surface area (Å²) in [4.78, 5) is 48.4. The summed E-state index contributed by atoms with van der Waals surface area (Å²) in [7, 11) is 0. The molecule has 4 rings (SSSR count). The molecule has 26 heavy (non-hydrogen) atoms. The van der Waals surface area contributed by atoms with Gasteiger partial charge in [-0.05, 0) is 24.3 Å². The van der Waals surface area contributed by atoms with Crippen molar-refractivity contribution >= 4 is 23.4 Å². The van der Waals surface area contributed by atoms with E-state index in [2.05, 4.69) is 4.98 Å². The lowest BCUT2D eigenvalue weighted by atomic mass is 9.94. The first kappa shape index (κ1) is 16.4. The number of rotatable bonds is 4. The Labute approximate surface area is 149 Å². The maximum atomic E-state index is 13.1. The summed E-state index contributed by atoms with van der Waals surface area (Å²) in [6.45, 7) is -0.236. The highest BCUT2D eigenvalue weighted by atomic mass is 16.7. The van der Waals surface area contributed by atoms with E-state index in [-0.39, 0.29) is 12.5 Å². The average molecular weight is 352 g/mol. The summed E-state index contributed by atoms with van der Waals surface area (Å²) in [5, 5.41) is 1.29. The van der Waals surface area contributed by atoms with Gasteiger partial charge in [0.15, 0.2) is 6.10 Å². The van der Waals surface area contributed by atoms with Gasteiger partial charge in [0.05, 0.1) is 23.3 Å². The Bertz CT molecular complexity index is 858. The zero-order chi connectivity index (χ0) is 18.3. The minimum atomic E-state index is -1.01. The molecule has 2 N–H and O–H groups in total. The fourth-order valence-corrected chi connectivity index (χ4v) is 3.47. The van der Waals surface area contributed by atoms with Gasteiger partial charge in [0, 0.05) is 6.20 Å². The molecule has 2 aliphatic heterocycles. The number of fused-ring (bicyclic) bond motifs is 1. The van der Waals surface area contributed by atoms with Crippen LogP contribution in [0.15, 0.2) is 54.7 Å². The first-order valence-electron chi connectivity index (χ1n) is 8.13. The molecular formula is C18H16N4O4. The zero-order valence-corrected chi connectivity index (χ0v) is 13.7. The van der Waals surface area contributed by atoms with Crippen molar-refractivity contribution in [2.24, 2.45) is 11.7 Å². The summed E-state index contributed by atoms with van der Waals surface area (Å²) in [5.41, 5.74) is 6.32. The number of nitrogens with two attached hydrogens (primary N) is 1. The number of para-hydroxylation sites is 1. The van der Waals surface area contributed by atoms with Crippen LogP contribution in [0, 0.1) is 5.92 Å². The third-order valence-electron chi connectivity index (χ3n) is 4.51. The Kier molecular flexibility index (Phi) is 3.98. The minimum Gasteiger partial charge on any atom is -0.368 e. The molecule has 1 aromatic carbocycles. The predicted octanol–water partition coefficient (Wildman–Crippen LogP) is 0.413. The van der Waals surface area contributed by atoms with Crippen LogP contribution in [0.4, 0.5) is 5.69 Å². The standard InChI is InChI=1S/C18H16N4O4/c19-13(23)10-21-15(12-8-4-5-9-20-12)14-16(26-21)18(25)22(17(14)24)11-6-2-1-3-7-11/h1-9,14-16H,10H2,(H2,19,23). The normalized spacial score (nSPS) is 25.5. The number of aromatic nitrogens is 1. The molecular weight excluding hydrogens is 336 g/mol. The van der Waals surface area contributed by atoms with Gasteiger partial charge >= 0.3 is 0 Å². The van der Waals surface area contributed by atoms with Crippen LogP contribution in [0.5, 0.6) is 0 Å². The number of hydrogen-bond acceptors (Lipinski definition) is 6. The van der Waals surface area contributed by atoms with Crippen molar-refractivity contribution in [2.75, 3.05) is 11.4 Å². The van der Waals surface area contributed by atoms with E-state index in [4.69, 9.17) is 10.6 Å². The van der Waals surface area contributed by atoms with Crippen molar-refractivity contribution in [2.45, 2.75) is 12.1 Å². The number of anilines is 1. The van der Waals surface area contributed by atoms with Crippen LogP contribution in [0.2, 0.25) is 0 Å². The molecule has 2 aromatic rings. The average Bonchev–Trinajstić information content (AvgIpc) is 3.12. The summed E-state index contributed by atoms with van der Waals surface area (Å²) >= 11 is 0. The Morgan fingerprint density at radius 1 is 1.08 bits per heavy atom. The van der Waals surface area contributed by atoms with Gasteiger partial charge in [0.1, 0.15) is 6.54 Å². The number of primary amides is 1. The molecule has 0 aliphatic carbocycles. The van der Waals surface area contributed by atoms with Crippen molar-refractivity contribution in [3.63, 3.8) is 0 Å². The van der Waals surface area contributed by atoms with Gasteiger partial charge in [-0.1, -0.05) is 24.3 Å². The molecule has 132 valence electrons. The van der Waals surface area contributed by atoms with Crippen LogP contribution >= 0.6 is 0 Å². The van der Waals surface area contributed by atoms with E-state index in [1.165, 1.54) is 5.06 Å². The van der Waals surface area contributed by atoms with Crippen molar-refractivity contribution in [3.8, 4) is 0 Å². The van der Waals surface area contributed by atoms with Crippen LogP contribution in [0.25, 0.3) is 0 Å². The van der Waals surface area contributed by atoms with Crippen LogP contribution in [-0.2, 0) is 19.2 Å². The molecule has 2 aliphatic rings. The monoisotopic (exact) mass is 352 g/mol. The molecule has 0 bridgehead atoms. The number of hydroxylamine groups is 2. The van der Waals surface area contributed by atoms with Gasteiger partial charge in [-0.15, -0.1) is 0 Å². The molecule has 0 spiro atoms. The second kappa shape index (κ2) is 6.32. The highest BCUT2D eigenvalue weighted by Crippen LogP contribution is 2.44. The van der Waals surface area contributed by atoms with Gasteiger partial charge in [-0.2, -0.15) is 5.06 Å². The summed E-state index contributed by atoms with van der Waals surface area (Å²) < 4.78 is 0. The van der Waals surface area contributed by atoms with Crippen LogP contribution in [0.3, 0.4) is 0 Å². The maximum Gasteiger partial charge on any atom is 0.265 e. The van der Waals surface area contributed by atoms with E-state index in [9.17, 15) is 14.4 Å². The number of carbonyl (C=O) groups excluding carboxylic acids is 3. The molecule has 3 amide bonds. The predicted molar refractivity (Wildman–Crippen MR) is 90.2 cm³/mol. The lowest BCUT2D eigenvalue weighted by Crippen LogP contribution is -2.40. The van der Waals surface area contributed by atoms with Crippen molar-refractivity contribution in [3.05, 3.63) is 60.4 Å². The van der Waals surface area contributed by atoms with Crippen molar-refractivity contribution in [1.82, 2.24) is 10.0 Å². The quantitative estimate of drug-likeness (QED) is 0.799. The van der Waals surface area contributed by atoms with Gasteiger partial charge in [0.2, 0.25) is 11.8 Å². The number of pyridine rings is 1. The summed E-state index contributed by atoms with van der Waals surface area (Å²) in [5.74, 6) is -2.25. The molecule has 8 heteroatoms. The second-order valence-corrected chi connectivity index (χ2v) is 6.14. The van der Waals surface area contributed by atoms with Crippen LogP contribution < -0.4 is 10.6 Å². The second-order valence-electron chi connectivity index (χ2n) is 6.14. The molecule has 2 saturated heterocycles. The topological polar surface area (TPSA) is 106 Å². The fraction of sp³-hybridized carbons (Fsp3) is 0.222. The molecule has 3 unspecified atom stereocenters. The van der Waals surface area contributed by atoms with E-state index >= 15 is 0 Å². The number of carbonyl (C=O) groups is 3. The lowest BCUT2D eigenvalue weighted by molar-refractivity contribution is -0.175. The molecule has 0 saturated carbocycles. The maximum absolute atomic E-state index is 13.1. The Morgan fingerprint density at radius 3 is 2.46 bits per heavy atom. The zero-order valence-electron chi connectivity index (χ0n) is 13.7. The third kappa shape index (κ3) is 2.56. The Hall–Kier alpha value is -3.10. The van der Waals surface area contributed by atoms with E-state index in [0.717, 1.165) is 4.90 Å². The number of hydrogen-bond donors (Lipinski definition) is 1. The molecule has 3 atom stereocenters. The summed E-state index contributed by atoms with van der Waals surface area (Å²) in [6.07, 6.45) is 0.579. The third-order valence-corrected chi connectivity index (χ3v) is 4.51. The van der Waals surface area contributed by atoms with Crippen molar-refractivity contribution in [1.29, 1.82) is 0 Å². The largest absolute Gasteiger partial charge is 0.368 e. The number of nitrogens with zero attached hydrogens (tertiary/aromatic N) is 3. The van der Waals surface area contributed by atoms with Gasteiger partial charge in [-0.25, -0.2) is 4.90 Å². The van der Waals surface area contributed by atoms with E-state index < -0.39 is 29.9 Å². The number of imide groups is 1. The molecule has 0 radical (unpaired) electrons. The van der Waals surface area contributed by atoms with E-state index in [1.54, 1.807) is 54.7 Å². The number of benzene rings is 1. The summed E-state index contributed by atoms with van der Waals surface area (Å²) in [6, 6.07) is 13.3. The lowest BCUT2D eigenvalue weighted by Gasteiger charge is -2.25. The Morgan fingerprint density at radius 2 is 1.81 bits per heavy atom. The molecule has 1 aromatic heterocycles. The van der Waals surface area contributed by atoms with Crippen LogP contribution in [-0.4, -0.2) is 40.4 Å². The van der Waals surface area contributed by atoms with Gasteiger partial charge in [0.25, 0.3) is 5.91 Å². The van der Waals surface area contributed by atoms with Gasteiger partial charge in [-0.3, -0.25) is 24.2 Å². The minimum absolute atomic E-state index is 0.236.